The summed E-state index contributed by atoms with van der Waals surface area (Å²) in [6, 6.07) is 6.96. The smallest absolute Gasteiger partial charge is 0.255 e. The van der Waals surface area contributed by atoms with Crippen molar-refractivity contribution in [3.05, 3.63) is 64.2 Å². The molecular weight excluding hydrogens is 410 g/mol. The molecule has 28 heavy (non-hydrogen) atoms. The first-order chi connectivity index (χ1) is 13.2. The molecule has 3 rings (SSSR count). The summed E-state index contributed by atoms with van der Waals surface area (Å²) < 4.78 is 54.6. The Labute approximate surface area is 167 Å². The topological polar surface area (TPSA) is 75.3 Å². The molecule has 1 amide bonds. The predicted octanol–water partition coefficient (Wildman–Crippen LogP) is 3.21. The second kappa shape index (κ2) is 7.77. The van der Waals surface area contributed by atoms with Crippen molar-refractivity contribution < 1.29 is 22.0 Å². The number of rotatable bonds is 4. The Balaban J connectivity index is 2.07. The van der Waals surface area contributed by atoms with Crippen molar-refractivity contribution in [3.63, 3.8) is 0 Å². The van der Waals surface area contributed by atoms with Crippen LogP contribution in [-0.2, 0) is 9.84 Å². The number of hydrogen-bond donors (Lipinski definition) is 2. The molecule has 0 radical (unpaired) electrons. The maximum atomic E-state index is 14.0. The van der Waals surface area contributed by atoms with E-state index in [2.05, 4.69) is 10.6 Å². The minimum Gasteiger partial charge on any atom is -0.331 e. The van der Waals surface area contributed by atoms with Gasteiger partial charge in [-0.2, -0.15) is 0 Å². The largest absolute Gasteiger partial charge is 0.331 e. The molecule has 0 aromatic heterocycles. The lowest BCUT2D eigenvalue weighted by Crippen LogP contribution is -2.62. The molecule has 2 N–H and O–H groups in total. The van der Waals surface area contributed by atoms with Crippen LogP contribution in [0.4, 0.5) is 8.78 Å². The number of benzene rings is 2. The first kappa shape index (κ1) is 20.7. The molecule has 2 aromatic carbocycles. The van der Waals surface area contributed by atoms with Crippen LogP contribution in [0.2, 0.25) is 5.02 Å². The van der Waals surface area contributed by atoms with Gasteiger partial charge < -0.3 is 10.6 Å². The van der Waals surface area contributed by atoms with Crippen LogP contribution in [0.3, 0.4) is 0 Å². The molecule has 9 heteroatoms. The van der Waals surface area contributed by atoms with Gasteiger partial charge in [0, 0.05) is 11.6 Å². The van der Waals surface area contributed by atoms with Crippen molar-refractivity contribution in [2.45, 2.75) is 29.5 Å². The van der Waals surface area contributed by atoms with E-state index in [1.807, 2.05) is 0 Å². The Morgan fingerprint density at radius 3 is 2.68 bits per heavy atom. The molecule has 1 aliphatic rings. The first-order valence-corrected chi connectivity index (χ1v) is 10.5. The molecule has 0 spiro atoms. The van der Waals surface area contributed by atoms with E-state index in [9.17, 15) is 22.0 Å². The quantitative estimate of drug-likeness (QED) is 0.784. The van der Waals surface area contributed by atoms with E-state index in [1.54, 1.807) is 13.0 Å². The van der Waals surface area contributed by atoms with Crippen molar-refractivity contribution in [1.29, 1.82) is 0 Å². The van der Waals surface area contributed by atoms with Crippen LogP contribution in [0, 0.1) is 18.6 Å². The van der Waals surface area contributed by atoms with Gasteiger partial charge in [0.15, 0.2) is 4.87 Å². The Morgan fingerprint density at radius 1 is 1.25 bits per heavy atom. The van der Waals surface area contributed by atoms with Crippen molar-refractivity contribution in [3.8, 4) is 0 Å². The molecule has 0 bridgehead atoms. The van der Waals surface area contributed by atoms with Gasteiger partial charge in [0.1, 0.15) is 11.6 Å². The van der Waals surface area contributed by atoms with Crippen LogP contribution >= 0.6 is 11.6 Å². The standard InChI is InChI=1S/C19H19ClF2N2O3S/c1-12-15(20)4-2-5-17(12)28(26,27)19(8-3-9-23-11-19)24-18(25)14-10-13(21)6-7-16(14)22/h2,4-7,10,23H,3,8-9,11H2,1H3,(H,24,25)/t19-/m0/s1. The summed E-state index contributed by atoms with van der Waals surface area (Å²) in [7, 11) is -4.10. The first-order valence-electron chi connectivity index (χ1n) is 8.66. The highest BCUT2D eigenvalue weighted by molar-refractivity contribution is 7.93. The summed E-state index contributed by atoms with van der Waals surface area (Å²) in [5, 5.41) is 5.72. The number of piperidine rings is 1. The second-order valence-corrected chi connectivity index (χ2v) is 9.35. The summed E-state index contributed by atoms with van der Waals surface area (Å²) in [5.74, 6) is -2.73. The minimum absolute atomic E-state index is 0.0104. The molecule has 150 valence electrons. The number of halogens is 3. The lowest BCUT2D eigenvalue weighted by Gasteiger charge is -2.38. The summed E-state index contributed by atoms with van der Waals surface area (Å²) in [4.78, 5) is 11.0. The summed E-state index contributed by atoms with van der Waals surface area (Å²) in [5.41, 5.74) is -0.191. The molecule has 1 saturated heterocycles. The minimum atomic E-state index is -4.10. The number of sulfone groups is 1. The Morgan fingerprint density at radius 2 is 2.00 bits per heavy atom. The van der Waals surface area contributed by atoms with Gasteiger partial charge in [-0.1, -0.05) is 17.7 Å². The van der Waals surface area contributed by atoms with Gasteiger partial charge in [-0.05, 0) is 62.2 Å². The van der Waals surface area contributed by atoms with Gasteiger partial charge in [-0.15, -0.1) is 0 Å². The Kier molecular flexibility index (Phi) is 5.74. The van der Waals surface area contributed by atoms with E-state index in [0.717, 1.165) is 18.2 Å². The van der Waals surface area contributed by atoms with Crippen LogP contribution in [0.5, 0.6) is 0 Å². The average Bonchev–Trinajstić information content (AvgIpc) is 2.66. The molecular formula is C19H19ClF2N2O3S. The SMILES string of the molecule is Cc1c(Cl)cccc1S(=O)(=O)[C@@]1(NC(=O)c2cc(F)ccc2F)CCCNC1. The average molecular weight is 429 g/mol. The Bertz CT molecular complexity index is 1020. The molecule has 0 aliphatic carbocycles. The lowest BCUT2D eigenvalue weighted by molar-refractivity contribution is 0.0912. The zero-order valence-electron chi connectivity index (χ0n) is 15.1. The van der Waals surface area contributed by atoms with Crippen LogP contribution in [0.25, 0.3) is 0 Å². The fourth-order valence-corrected chi connectivity index (χ4v) is 5.67. The lowest BCUT2D eigenvalue weighted by atomic mass is 10.1. The third-order valence-electron chi connectivity index (χ3n) is 4.88. The van der Waals surface area contributed by atoms with Crippen molar-refractivity contribution in [2.75, 3.05) is 13.1 Å². The predicted molar refractivity (Wildman–Crippen MR) is 102 cm³/mol. The van der Waals surface area contributed by atoms with E-state index in [-0.39, 0.29) is 22.9 Å². The fraction of sp³-hybridized carbons (Fsp3) is 0.316. The van der Waals surface area contributed by atoms with E-state index < -0.39 is 37.8 Å². The third kappa shape index (κ3) is 3.64. The highest BCUT2D eigenvalue weighted by Gasteiger charge is 2.47. The molecule has 0 saturated carbocycles. The summed E-state index contributed by atoms with van der Waals surface area (Å²) in [6.07, 6.45) is 0.599. The number of nitrogens with one attached hydrogen (secondary N) is 2. The zero-order chi connectivity index (χ0) is 20.5. The Hall–Kier alpha value is -2.03. The fourth-order valence-electron chi connectivity index (χ4n) is 3.32. The van der Waals surface area contributed by atoms with Crippen LogP contribution < -0.4 is 10.6 Å². The number of hydrogen-bond acceptors (Lipinski definition) is 4. The zero-order valence-corrected chi connectivity index (χ0v) is 16.6. The summed E-state index contributed by atoms with van der Waals surface area (Å²) in [6.45, 7) is 2.09. The van der Waals surface area contributed by atoms with E-state index in [0.29, 0.717) is 18.5 Å². The van der Waals surface area contributed by atoms with Crippen molar-refractivity contribution in [1.82, 2.24) is 10.6 Å². The maximum Gasteiger partial charge on any atom is 0.255 e. The number of amides is 1. The number of carbonyl (C=O) groups is 1. The van der Waals surface area contributed by atoms with Crippen LogP contribution in [-0.4, -0.2) is 32.3 Å². The summed E-state index contributed by atoms with van der Waals surface area (Å²) >= 11 is 6.09. The highest BCUT2D eigenvalue weighted by Crippen LogP contribution is 2.34. The van der Waals surface area contributed by atoms with Crippen molar-refractivity contribution in [2.24, 2.45) is 0 Å². The monoisotopic (exact) mass is 428 g/mol. The van der Waals surface area contributed by atoms with Gasteiger partial charge in [0.05, 0.1) is 10.5 Å². The highest BCUT2D eigenvalue weighted by atomic mass is 35.5. The van der Waals surface area contributed by atoms with E-state index >= 15 is 0 Å². The second-order valence-electron chi connectivity index (χ2n) is 6.72. The molecule has 1 heterocycles. The van der Waals surface area contributed by atoms with Gasteiger partial charge >= 0.3 is 0 Å². The van der Waals surface area contributed by atoms with E-state index in [1.165, 1.54) is 12.1 Å². The van der Waals surface area contributed by atoms with Gasteiger partial charge in [-0.25, -0.2) is 17.2 Å². The van der Waals surface area contributed by atoms with Gasteiger partial charge in [-0.3, -0.25) is 4.79 Å². The van der Waals surface area contributed by atoms with Crippen LogP contribution in [0.15, 0.2) is 41.3 Å². The molecule has 1 aliphatic heterocycles. The van der Waals surface area contributed by atoms with E-state index in [4.69, 9.17) is 11.6 Å². The molecule has 0 unspecified atom stereocenters. The van der Waals surface area contributed by atoms with Gasteiger partial charge in [0.25, 0.3) is 5.91 Å². The normalized spacial score (nSPS) is 20.0. The number of carbonyl (C=O) groups excluding carboxylic acids is 1. The maximum absolute atomic E-state index is 14.0. The third-order valence-corrected chi connectivity index (χ3v) is 7.79. The molecule has 1 atom stereocenters. The van der Waals surface area contributed by atoms with Crippen LogP contribution in [0.1, 0.15) is 28.8 Å². The molecule has 5 nitrogen and oxygen atoms in total. The molecule has 2 aromatic rings. The molecule has 1 fully saturated rings. The van der Waals surface area contributed by atoms with Gasteiger partial charge in [0.2, 0.25) is 9.84 Å². The van der Waals surface area contributed by atoms with Crippen molar-refractivity contribution >= 4 is 27.3 Å².